The maximum atomic E-state index is 12.2. The van der Waals surface area contributed by atoms with Crippen LogP contribution in [-0.4, -0.2) is 66.5 Å². The standard InChI is InChI=1S/C38H42N8O3/c39-37(49)25-34(42-26-28-2-4-29(5-3-28)30-12-14-40-15-13-30)32-8-11-36-35(24-32)43-38(46(36)18-1-17-44-19-16-41-27-44)31-6-9-33(10-7-31)45(20-22-47)21-23-48/h2-16,19,24,27,34,42,47-48H,1,17-18,20-23,25-26H2,(H2,39,49). The average Bonchev–Trinajstić information content (AvgIpc) is 3.78. The number of aliphatic hydroxyl groups excluding tert-OH is 2. The van der Waals surface area contributed by atoms with Crippen molar-refractivity contribution >= 4 is 22.6 Å². The van der Waals surface area contributed by atoms with Gasteiger partial charge in [-0.1, -0.05) is 30.3 Å². The molecule has 6 rings (SSSR count). The number of hydrogen-bond acceptors (Lipinski definition) is 8. The number of carbonyl (C=O) groups excluding carboxylic acids is 1. The number of benzene rings is 3. The van der Waals surface area contributed by atoms with E-state index in [0.29, 0.717) is 19.6 Å². The fourth-order valence-electron chi connectivity index (χ4n) is 6.18. The molecule has 49 heavy (non-hydrogen) atoms. The van der Waals surface area contributed by atoms with Crippen LogP contribution in [0.5, 0.6) is 0 Å². The van der Waals surface area contributed by atoms with Gasteiger partial charge in [-0.25, -0.2) is 9.97 Å². The highest BCUT2D eigenvalue weighted by molar-refractivity contribution is 5.82. The molecule has 0 radical (unpaired) electrons. The molecule has 0 saturated carbocycles. The molecule has 0 spiro atoms. The number of aryl methyl sites for hydroxylation is 2. The van der Waals surface area contributed by atoms with Crippen LogP contribution in [0.1, 0.15) is 30.0 Å². The van der Waals surface area contributed by atoms with Gasteiger partial charge in [0.25, 0.3) is 0 Å². The Labute approximate surface area is 285 Å². The summed E-state index contributed by atoms with van der Waals surface area (Å²) < 4.78 is 4.31. The third-order valence-corrected chi connectivity index (χ3v) is 8.69. The largest absolute Gasteiger partial charge is 0.395 e. The van der Waals surface area contributed by atoms with Crippen molar-refractivity contribution in [2.24, 2.45) is 5.73 Å². The molecule has 3 heterocycles. The summed E-state index contributed by atoms with van der Waals surface area (Å²) in [4.78, 5) is 27.5. The molecule has 11 heteroatoms. The Hall–Kier alpha value is -5.36. The monoisotopic (exact) mass is 658 g/mol. The molecule has 3 aromatic carbocycles. The second-order valence-electron chi connectivity index (χ2n) is 12.0. The van der Waals surface area contributed by atoms with Gasteiger partial charge in [0, 0.05) is 81.2 Å². The van der Waals surface area contributed by atoms with Crippen molar-refractivity contribution in [3.05, 3.63) is 121 Å². The van der Waals surface area contributed by atoms with Gasteiger partial charge < -0.3 is 35.3 Å². The van der Waals surface area contributed by atoms with Crippen LogP contribution in [0.3, 0.4) is 0 Å². The molecule has 1 unspecified atom stereocenters. The van der Waals surface area contributed by atoms with Gasteiger partial charge >= 0.3 is 0 Å². The Morgan fingerprint density at radius 2 is 1.55 bits per heavy atom. The normalized spacial score (nSPS) is 12.0. The van der Waals surface area contributed by atoms with Gasteiger partial charge in [0.2, 0.25) is 5.91 Å². The van der Waals surface area contributed by atoms with E-state index in [-0.39, 0.29) is 31.6 Å². The number of carbonyl (C=O) groups is 1. The summed E-state index contributed by atoms with van der Waals surface area (Å²) in [7, 11) is 0. The number of imidazole rings is 2. The number of aliphatic hydroxyl groups is 2. The molecule has 252 valence electrons. The van der Waals surface area contributed by atoms with Crippen molar-refractivity contribution in [3.63, 3.8) is 0 Å². The van der Waals surface area contributed by atoms with Crippen LogP contribution < -0.4 is 16.0 Å². The first-order chi connectivity index (χ1) is 24.0. The number of nitrogens with two attached hydrogens (primary N) is 1. The second kappa shape index (κ2) is 16.2. The zero-order valence-corrected chi connectivity index (χ0v) is 27.4. The molecule has 5 N–H and O–H groups in total. The lowest BCUT2D eigenvalue weighted by Crippen LogP contribution is -2.29. The van der Waals surface area contributed by atoms with Gasteiger partial charge in [0.15, 0.2) is 0 Å². The van der Waals surface area contributed by atoms with Crippen LogP contribution in [0.4, 0.5) is 5.69 Å². The summed E-state index contributed by atoms with van der Waals surface area (Å²) in [5.74, 6) is 0.460. The number of rotatable bonds is 17. The Kier molecular flexibility index (Phi) is 11.1. The first-order valence-corrected chi connectivity index (χ1v) is 16.6. The van der Waals surface area contributed by atoms with Gasteiger partial charge in [-0.2, -0.15) is 0 Å². The predicted molar refractivity (Wildman–Crippen MR) is 191 cm³/mol. The van der Waals surface area contributed by atoms with Crippen LogP contribution in [0.2, 0.25) is 0 Å². The van der Waals surface area contributed by atoms with Crippen LogP contribution in [0.15, 0.2) is 110 Å². The molecule has 1 amide bonds. The van der Waals surface area contributed by atoms with Crippen molar-refractivity contribution in [2.45, 2.75) is 38.5 Å². The molecule has 1 atom stereocenters. The summed E-state index contributed by atoms with van der Waals surface area (Å²) in [6.45, 7) is 3.00. The summed E-state index contributed by atoms with van der Waals surface area (Å²) >= 11 is 0. The Balaban J connectivity index is 1.27. The first-order valence-electron chi connectivity index (χ1n) is 16.6. The molecule has 11 nitrogen and oxygen atoms in total. The molecular formula is C38H42N8O3. The maximum Gasteiger partial charge on any atom is 0.219 e. The van der Waals surface area contributed by atoms with E-state index in [4.69, 9.17) is 10.7 Å². The number of amides is 1. The van der Waals surface area contributed by atoms with Crippen LogP contribution in [0, 0.1) is 0 Å². The van der Waals surface area contributed by atoms with E-state index < -0.39 is 0 Å². The van der Waals surface area contributed by atoms with Crippen molar-refractivity contribution in [3.8, 4) is 22.5 Å². The molecular weight excluding hydrogens is 616 g/mol. The highest BCUT2D eigenvalue weighted by atomic mass is 16.3. The number of nitrogens with one attached hydrogen (secondary N) is 1. The maximum absolute atomic E-state index is 12.2. The summed E-state index contributed by atoms with van der Waals surface area (Å²) in [6.07, 6.45) is 10.2. The number of aromatic nitrogens is 5. The summed E-state index contributed by atoms with van der Waals surface area (Å²) in [6, 6.07) is 26.3. The number of primary amides is 1. The topological polar surface area (TPSA) is 147 Å². The van der Waals surface area contributed by atoms with E-state index >= 15 is 0 Å². The predicted octanol–water partition coefficient (Wildman–Crippen LogP) is 4.55. The molecule has 0 bridgehead atoms. The zero-order chi connectivity index (χ0) is 34.0. The number of pyridine rings is 1. The molecule has 0 fully saturated rings. The van der Waals surface area contributed by atoms with Crippen molar-refractivity contribution in [1.82, 2.24) is 29.4 Å². The first kappa shape index (κ1) is 33.5. The van der Waals surface area contributed by atoms with Crippen molar-refractivity contribution in [1.29, 1.82) is 0 Å². The quantitative estimate of drug-likeness (QED) is 0.112. The number of anilines is 1. The van der Waals surface area contributed by atoms with Gasteiger partial charge in [-0.05, 0) is 77.2 Å². The van der Waals surface area contributed by atoms with E-state index in [9.17, 15) is 15.0 Å². The smallest absolute Gasteiger partial charge is 0.219 e. The molecule has 0 aliphatic carbocycles. The summed E-state index contributed by atoms with van der Waals surface area (Å²) in [5, 5.41) is 22.6. The third-order valence-electron chi connectivity index (χ3n) is 8.69. The third kappa shape index (κ3) is 8.39. The molecule has 0 aliphatic rings. The second-order valence-corrected chi connectivity index (χ2v) is 12.0. The lowest BCUT2D eigenvalue weighted by atomic mass is 10.0. The van der Waals surface area contributed by atoms with Gasteiger partial charge in [-0.3, -0.25) is 9.78 Å². The minimum Gasteiger partial charge on any atom is -0.395 e. The molecule has 0 saturated heterocycles. The average molecular weight is 659 g/mol. The Bertz CT molecular complexity index is 1920. The minimum absolute atomic E-state index is 0.00102. The number of hydrogen-bond donors (Lipinski definition) is 4. The SMILES string of the molecule is NC(=O)CC(NCc1ccc(-c2ccncc2)cc1)c1ccc2c(c1)nc(-c1ccc(N(CCO)CCO)cc1)n2CCCn1ccnc1. The number of fused-ring (bicyclic) bond motifs is 1. The van der Waals surface area contributed by atoms with Crippen molar-refractivity contribution in [2.75, 3.05) is 31.2 Å². The van der Waals surface area contributed by atoms with Gasteiger partial charge in [0.05, 0.1) is 30.6 Å². The van der Waals surface area contributed by atoms with Gasteiger partial charge in [-0.15, -0.1) is 0 Å². The number of nitrogens with zero attached hydrogens (tertiary/aromatic N) is 6. The molecule has 0 aliphatic heterocycles. The van der Waals surface area contributed by atoms with E-state index in [1.165, 1.54) is 0 Å². The summed E-state index contributed by atoms with van der Waals surface area (Å²) in [5.41, 5.74) is 13.7. The van der Waals surface area contributed by atoms with Gasteiger partial charge in [0.1, 0.15) is 5.82 Å². The zero-order valence-electron chi connectivity index (χ0n) is 27.4. The Morgan fingerprint density at radius 1 is 0.837 bits per heavy atom. The minimum atomic E-state index is -0.382. The van der Waals surface area contributed by atoms with Crippen LogP contribution in [0.25, 0.3) is 33.5 Å². The highest BCUT2D eigenvalue weighted by Crippen LogP contribution is 2.30. The van der Waals surface area contributed by atoms with Crippen LogP contribution >= 0.6 is 0 Å². The fraction of sp³-hybridized carbons (Fsp3) is 0.263. The Morgan fingerprint density at radius 3 is 2.22 bits per heavy atom. The fourth-order valence-corrected chi connectivity index (χ4v) is 6.18. The van der Waals surface area contributed by atoms with E-state index in [2.05, 4.69) is 66.9 Å². The van der Waals surface area contributed by atoms with E-state index in [1.807, 2.05) is 53.8 Å². The molecule has 3 aromatic heterocycles. The highest BCUT2D eigenvalue weighted by Gasteiger charge is 2.19. The molecule has 6 aromatic rings. The lowest BCUT2D eigenvalue weighted by molar-refractivity contribution is -0.118. The lowest BCUT2D eigenvalue weighted by Gasteiger charge is -2.23. The van der Waals surface area contributed by atoms with Crippen molar-refractivity contribution < 1.29 is 15.0 Å². The van der Waals surface area contributed by atoms with E-state index in [0.717, 1.165) is 69.9 Å². The van der Waals surface area contributed by atoms with Crippen LogP contribution in [-0.2, 0) is 24.4 Å². The van der Waals surface area contributed by atoms with E-state index in [1.54, 1.807) is 18.6 Å².